The van der Waals surface area contributed by atoms with Crippen LogP contribution in [0.3, 0.4) is 0 Å². The zero-order valence-corrected chi connectivity index (χ0v) is 23.8. The van der Waals surface area contributed by atoms with E-state index in [1.807, 2.05) is 39.1 Å². The summed E-state index contributed by atoms with van der Waals surface area (Å²) in [7, 11) is 6.56. The molecule has 0 radical (unpaired) electrons. The number of likely N-dealkylation sites (tertiary alicyclic amines) is 1. The predicted octanol–water partition coefficient (Wildman–Crippen LogP) is 2.48. The minimum Gasteiger partial charge on any atom is -0.496 e. The first-order valence-electron chi connectivity index (χ1n) is 13.1. The first-order valence-corrected chi connectivity index (χ1v) is 13.1. The number of aromatic nitrogens is 1. The summed E-state index contributed by atoms with van der Waals surface area (Å²) >= 11 is 0. The smallest absolute Gasteiger partial charge is 0.407 e. The van der Waals surface area contributed by atoms with Crippen LogP contribution in [0.1, 0.15) is 37.5 Å². The number of benzene rings is 1. The van der Waals surface area contributed by atoms with Gasteiger partial charge in [-0.1, -0.05) is 0 Å². The Morgan fingerprint density at radius 3 is 2.36 bits per heavy atom. The Bertz CT molecular complexity index is 1310. The van der Waals surface area contributed by atoms with Crippen molar-refractivity contribution in [3.63, 3.8) is 0 Å². The van der Waals surface area contributed by atoms with Crippen LogP contribution in [0.25, 0.3) is 11.1 Å². The third-order valence-corrected chi connectivity index (χ3v) is 7.04. The summed E-state index contributed by atoms with van der Waals surface area (Å²) < 4.78 is 18.5. The van der Waals surface area contributed by atoms with Crippen LogP contribution < -0.4 is 25.7 Å². The number of amides is 3. The second-order valence-corrected chi connectivity index (χ2v) is 11.0. The number of rotatable bonds is 6. The molecule has 212 valence electrons. The largest absolute Gasteiger partial charge is 0.496 e. The molecule has 1 aromatic carbocycles. The maximum absolute atomic E-state index is 13.0. The lowest BCUT2D eigenvalue weighted by atomic mass is 9.91. The molecule has 2 aliphatic rings. The molecular formula is C28H39N5O6. The average Bonchev–Trinajstić information content (AvgIpc) is 2.87. The molecular weight excluding hydrogens is 502 g/mol. The minimum atomic E-state index is -0.535. The number of ether oxygens (including phenoxy) is 3. The molecule has 11 nitrogen and oxygen atoms in total. The molecule has 2 aliphatic heterocycles. The molecule has 0 atom stereocenters. The van der Waals surface area contributed by atoms with Gasteiger partial charge in [-0.05, 0) is 44.9 Å². The van der Waals surface area contributed by atoms with E-state index in [1.54, 1.807) is 37.8 Å². The number of fused-ring (bicyclic) bond motifs is 1. The molecule has 1 fully saturated rings. The molecule has 1 aromatic heterocycles. The first kappa shape index (κ1) is 28.3. The predicted molar refractivity (Wildman–Crippen MR) is 147 cm³/mol. The summed E-state index contributed by atoms with van der Waals surface area (Å²) in [6.07, 6.45) is 1.98. The van der Waals surface area contributed by atoms with Gasteiger partial charge in [0.25, 0.3) is 5.56 Å². The zero-order valence-electron chi connectivity index (χ0n) is 23.8. The van der Waals surface area contributed by atoms with Crippen LogP contribution in [0, 0.1) is 0 Å². The zero-order chi connectivity index (χ0) is 28.5. The number of hydrogen-bond acceptors (Lipinski definition) is 7. The van der Waals surface area contributed by atoms with Crippen molar-refractivity contribution in [1.82, 2.24) is 25.0 Å². The number of nitrogens with one attached hydrogen (secondary N) is 2. The highest BCUT2D eigenvalue weighted by atomic mass is 16.6. The summed E-state index contributed by atoms with van der Waals surface area (Å²) in [6, 6.07) is 3.75. The molecule has 0 bridgehead atoms. The maximum atomic E-state index is 13.0. The van der Waals surface area contributed by atoms with Crippen LogP contribution in [0.5, 0.6) is 11.5 Å². The van der Waals surface area contributed by atoms with Gasteiger partial charge in [0.2, 0.25) is 0 Å². The Morgan fingerprint density at radius 1 is 1.05 bits per heavy atom. The van der Waals surface area contributed by atoms with Crippen molar-refractivity contribution in [1.29, 1.82) is 0 Å². The summed E-state index contributed by atoms with van der Waals surface area (Å²) in [6.45, 7) is 8.30. The lowest BCUT2D eigenvalue weighted by molar-refractivity contribution is 0.0391. The van der Waals surface area contributed by atoms with Gasteiger partial charge in [0.1, 0.15) is 17.1 Å². The van der Waals surface area contributed by atoms with Crippen molar-refractivity contribution in [3.8, 4) is 22.6 Å². The van der Waals surface area contributed by atoms with E-state index >= 15 is 0 Å². The van der Waals surface area contributed by atoms with Crippen molar-refractivity contribution in [2.75, 3.05) is 40.9 Å². The molecule has 0 saturated carbocycles. The van der Waals surface area contributed by atoms with Gasteiger partial charge < -0.3 is 34.3 Å². The molecule has 1 saturated heterocycles. The number of urea groups is 1. The standard InChI is InChI=1S/C28H39N5O6/c1-28(2,3)39-27(36)30-18-13-32(14-18)12-17-10-24(38-7)20(11-23(17)37-6)21-15-31(5)25(34)22-16-33(26(35)29-4)9-8-19(21)22/h10-11,15,18H,8-9,12-14,16H2,1-7H3,(H,29,35)(H,30,36). The Balaban J connectivity index is 1.57. The van der Waals surface area contributed by atoms with E-state index in [1.165, 1.54) is 0 Å². The maximum Gasteiger partial charge on any atom is 0.407 e. The molecule has 2 N–H and O–H groups in total. The number of hydrogen-bond donors (Lipinski definition) is 2. The van der Waals surface area contributed by atoms with Gasteiger partial charge in [0.05, 0.1) is 26.8 Å². The third kappa shape index (κ3) is 6.13. The lowest BCUT2D eigenvalue weighted by Crippen LogP contribution is -2.59. The summed E-state index contributed by atoms with van der Waals surface area (Å²) in [5, 5.41) is 5.55. The van der Waals surface area contributed by atoms with Crippen molar-refractivity contribution in [3.05, 3.63) is 45.4 Å². The van der Waals surface area contributed by atoms with Crippen molar-refractivity contribution in [2.45, 2.75) is 51.9 Å². The summed E-state index contributed by atoms with van der Waals surface area (Å²) in [4.78, 5) is 41.2. The molecule has 3 heterocycles. The Hall–Kier alpha value is -3.73. The average molecular weight is 542 g/mol. The van der Waals surface area contributed by atoms with E-state index < -0.39 is 11.7 Å². The fourth-order valence-corrected chi connectivity index (χ4v) is 5.16. The number of carbonyl (C=O) groups is 2. The minimum absolute atomic E-state index is 0.0264. The van der Waals surface area contributed by atoms with E-state index in [4.69, 9.17) is 14.2 Å². The van der Waals surface area contributed by atoms with Gasteiger partial charge >= 0.3 is 12.1 Å². The number of nitrogens with zero attached hydrogens (tertiary/aromatic N) is 3. The highest BCUT2D eigenvalue weighted by molar-refractivity contribution is 5.78. The van der Waals surface area contributed by atoms with Gasteiger partial charge in [0.15, 0.2) is 0 Å². The van der Waals surface area contributed by atoms with Gasteiger partial charge in [-0.25, -0.2) is 9.59 Å². The third-order valence-electron chi connectivity index (χ3n) is 7.04. The van der Waals surface area contributed by atoms with Crippen LogP contribution in [-0.2, 0) is 31.3 Å². The van der Waals surface area contributed by atoms with E-state index in [-0.39, 0.29) is 24.2 Å². The van der Waals surface area contributed by atoms with Crippen LogP contribution >= 0.6 is 0 Å². The fraction of sp³-hybridized carbons (Fsp3) is 0.536. The van der Waals surface area contributed by atoms with Crippen LogP contribution in [0.2, 0.25) is 0 Å². The molecule has 4 rings (SSSR count). The molecule has 3 amide bonds. The Morgan fingerprint density at radius 2 is 1.74 bits per heavy atom. The second kappa shape index (κ2) is 11.2. The van der Waals surface area contributed by atoms with Crippen molar-refractivity contribution >= 4 is 12.1 Å². The monoisotopic (exact) mass is 541 g/mol. The topological polar surface area (TPSA) is 114 Å². The quantitative estimate of drug-likeness (QED) is 0.578. The van der Waals surface area contributed by atoms with Crippen LogP contribution in [-0.4, -0.2) is 79.0 Å². The van der Waals surface area contributed by atoms with Gasteiger partial charge in [0, 0.05) is 68.7 Å². The lowest BCUT2D eigenvalue weighted by Gasteiger charge is -2.40. The van der Waals surface area contributed by atoms with E-state index in [0.717, 1.165) is 22.3 Å². The first-order chi connectivity index (χ1) is 18.4. The second-order valence-electron chi connectivity index (χ2n) is 11.0. The normalized spacial score (nSPS) is 15.7. The fourth-order valence-electron chi connectivity index (χ4n) is 5.16. The SMILES string of the molecule is CNC(=O)N1CCc2c(-c3cc(OC)c(CN4CC(NC(=O)OC(C)(C)C)C4)cc3OC)cn(C)c(=O)c2C1. The number of aryl methyl sites for hydroxylation is 1. The highest BCUT2D eigenvalue weighted by Crippen LogP contribution is 2.39. The van der Waals surface area contributed by atoms with Crippen LogP contribution in [0.4, 0.5) is 9.59 Å². The molecule has 2 aromatic rings. The van der Waals surface area contributed by atoms with Crippen molar-refractivity contribution in [2.24, 2.45) is 7.05 Å². The molecule has 39 heavy (non-hydrogen) atoms. The summed E-state index contributed by atoms with van der Waals surface area (Å²) in [5.41, 5.74) is 3.55. The number of methoxy groups -OCH3 is 2. The number of pyridine rings is 1. The van der Waals surface area contributed by atoms with Crippen LogP contribution in [0.15, 0.2) is 23.1 Å². The number of carbonyl (C=O) groups excluding carboxylic acids is 2. The van der Waals surface area contributed by atoms with Gasteiger partial charge in [-0.2, -0.15) is 0 Å². The van der Waals surface area contributed by atoms with E-state index in [0.29, 0.717) is 49.7 Å². The van der Waals surface area contributed by atoms with Crippen molar-refractivity contribution < 1.29 is 23.8 Å². The Kier molecular flexibility index (Phi) is 8.10. The highest BCUT2D eigenvalue weighted by Gasteiger charge is 2.31. The summed E-state index contributed by atoms with van der Waals surface area (Å²) in [5.74, 6) is 1.38. The Labute approximate surface area is 229 Å². The molecule has 0 unspecified atom stereocenters. The molecule has 0 aliphatic carbocycles. The van der Waals surface area contributed by atoms with E-state index in [2.05, 4.69) is 15.5 Å². The van der Waals surface area contributed by atoms with Gasteiger partial charge in [-0.15, -0.1) is 0 Å². The molecule has 0 spiro atoms. The van der Waals surface area contributed by atoms with E-state index in [9.17, 15) is 14.4 Å². The van der Waals surface area contributed by atoms with Gasteiger partial charge in [-0.3, -0.25) is 9.69 Å². The number of alkyl carbamates (subject to hydrolysis) is 1. The molecule has 11 heteroatoms.